The summed E-state index contributed by atoms with van der Waals surface area (Å²) in [5, 5.41) is 0. The van der Waals surface area contributed by atoms with Crippen LogP contribution in [0, 0.1) is 12.8 Å². The Morgan fingerprint density at radius 2 is 1.88 bits per heavy atom. The van der Waals surface area contributed by atoms with E-state index in [1.165, 1.54) is 5.56 Å². The highest BCUT2D eigenvalue weighted by atomic mass is 79.9. The maximum absolute atomic E-state index is 11.5. The molecule has 128 valence electrons. The lowest BCUT2D eigenvalue weighted by molar-refractivity contribution is -0.144. The molecule has 0 N–H and O–H groups in total. The first kappa shape index (κ1) is 18.5. The van der Waals surface area contributed by atoms with Gasteiger partial charge in [0.25, 0.3) is 0 Å². The van der Waals surface area contributed by atoms with Crippen molar-refractivity contribution in [3.63, 3.8) is 0 Å². The van der Waals surface area contributed by atoms with Crippen LogP contribution in [-0.4, -0.2) is 12.6 Å². The summed E-state index contributed by atoms with van der Waals surface area (Å²) in [6.07, 6.45) is 1.29. The Morgan fingerprint density at radius 1 is 1.17 bits per heavy atom. The standard InChI is InChI=1S/C20H23BrO3/c1-4-23-20(22)13-14(2)12-16-8-10-17(11-9-16)24-19-7-5-6-18(21)15(19)3/h5-11,14H,4,12-13H2,1-3H3/t14-/m1/s1. The van der Waals surface area contributed by atoms with E-state index in [1.807, 2.05) is 56.3 Å². The fourth-order valence-corrected chi connectivity index (χ4v) is 2.85. The van der Waals surface area contributed by atoms with E-state index in [4.69, 9.17) is 9.47 Å². The van der Waals surface area contributed by atoms with Gasteiger partial charge in [0.2, 0.25) is 0 Å². The molecule has 0 aliphatic rings. The number of carbonyl (C=O) groups excluding carboxylic acids is 1. The van der Waals surface area contributed by atoms with Crippen molar-refractivity contribution in [1.29, 1.82) is 0 Å². The van der Waals surface area contributed by atoms with Crippen LogP contribution in [0.25, 0.3) is 0 Å². The molecule has 0 spiro atoms. The average molecular weight is 391 g/mol. The number of ether oxygens (including phenoxy) is 2. The van der Waals surface area contributed by atoms with Gasteiger partial charge in [-0.3, -0.25) is 4.79 Å². The summed E-state index contributed by atoms with van der Waals surface area (Å²) in [7, 11) is 0. The summed E-state index contributed by atoms with van der Waals surface area (Å²) in [5.74, 6) is 1.77. The Morgan fingerprint density at radius 3 is 2.54 bits per heavy atom. The first-order valence-corrected chi connectivity index (χ1v) is 8.96. The molecule has 2 aromatic carbocycles. The van der Waals surface area contributed by atoms with Gasteiger partial charge in [0.15, 0.2) is 0 Å². The number of halogens is 1. The van der Waals surface area contributed by atoms with Gasteiger partial charge in [-0.2, -0.15) is 0 Å². The molecule has 0 aromatic heterocycles. The second-order valence-electron chi connectivity index (χ2n) is 5.93. The molecule has 4 heteroatoms. The largest absolute Gasteiger partial charge is 0.466 e. The van der Waals surface area contributed by atoms with Gasteiger partial charge in [0.1, 0.15) is 11.5 Å². The molecule has 0 heterocycles. The molecule has 2 aromatic rings. The Hall–Kier alpha value is -1.81. The topological polar surface area (TPSA) is 35.5 Å². The lowest BCUT2D eigenvalue weighted by Gasteiger charge is -2.12. The average Bonchev–Trinajstić information content (AvgIpc) is 2.53. The van der Waals surface area contributed by atoms with E-state index in [9.17, 15) is 4.79 Å². The van der Waals surface area contributed by atoms with Gasteiger partial charge in [-0.25, -0.2) is 0 Å². The molecule has 0 fully saturated rings. The third-order valence-electron chi connectivity index (χ3n) is 3.77. The molecule has 1 atom stereocenters. The van der Waals surface area contributed by atoms with Crippen molar-refractivity contribution < 1.29 is 14.3 Å². The number of hydrogen-bond acceptors (Lipinski definition) is 3. The van der Waals surface area contributed by atoms with E-state index in [-0.39, 0.29) is 11.9 Å². The maximum atomic E-state index is 11.5. The summed E-state index contributed by atoms with van der Waals surface area (Å²) in [6.45, 7) is 6.35. The fourth-order valence-electron chi connectivity index (χ4n) is 2.50. The van der Waals surface area contributed by atoms with Crippen molar-refractivity contribution in [1.82, 2.24) is 0 Å². The highest BCUT2D eigenvalue weighted by molar-refractivity contribution is 9.10. The quantitative estimate of drug-likeness (QED) is 0.570. The molecule has 0 saturated carbocycles. The minimum absolute atomic E-state index is 0.130. The molecule has 0 unspecified atom stereocenters. The Labute approximate surface area is 152 Å². The number of rotatable bonds is 7. The van der Waals surface area contributed by atoms with Crippen LogP contribution >= 0.6 is 15.9 Å². The van der Waals surface area contributed by atoms with Crippen molar-refractivity contribution in [2.24, 2.45) is 5.92 Å². The number of esters is 1. The molecule has 0 amide bonds. The highest BCUT2D eigenvalue weighted by Gasteiger charge is 2.11. The summed E-state index contributed by atoms with van der Waals surface area (Å²) in [6, 6.07) is 13.9. The third kappa shape index (κ3) is 5.38. The minimum atomic E-state index is -0.130. The normalized spacial score (nSPS) is 11.8. The number of hydrogen-bond donors (Lipinski definition) is 0. The first-order chi connectivity index (χ1) is 11.5. The van der Waals surface area contributed by atoms with E-state index in [1.54, 1.807) is 0 Å². The second kappa shape index (κ2) is 8.88. The van der Waals surface area contributed by atoms with E-state index in [0.717, 1.165) is 28.0 Å². The summed E-state index contributed by atoms with van der Waals surface area (Å²) < 4.78 is 12.0. The van der Waals surface area contributed by atoms with Crippen molar-refractivity contribution in [3.8, 4) is 11.5 Å². The monoisotopic (exact) mass is 390 g/mol. The van der Waals surface area contributed by atoms with Crippen molar-refractivity contribution in [2.75, 3.05) is 6.61 Å². The van der Waals surface area contributed by atoms with Gasteiger partial charge in [-0.15, -0.1) is 0 Å². The van der Waals surface area contributed by atoms with Gasteiger partial charge in [-0.05, 0) is 56.0 Å². The summed E-state index contributed by atoms with van der Waals surface area (Å²) in [5.41, 5.74) is 2.26. The van der Waals surface area contributed by atoms with E-state index >= 15 is 0 Å². The maximum Gasteiger partial charge on any atom is 0.306 e. The zero-order chi connectivity index (χ0) is 17.5. The number of benzene rings is 2. The second-order valence-corrected chi connectivity index (χ2v) is 6.78. The van der Waals surface area contributed by atoms with Crippen LogP contribution in [0.2, 0.25) is 0 Å². The van der Waals surface area contributed by atoms with Crippen molar-refractivity contribution in [3.05, 3.63) is 58.1 Å². The van der Waals surface area contributed by atoms with Gasteiger partial charge < -0.3 is 9.47 Å². The lowest BCUT2D eigenvalue weighted by atomic mass is 9.98. The van der Waals surface area contributed by atoms with Gasteiger partial charge in [-0.1, -0.05) is 41.1 Å². The van der Waals surface area contributed by atoms with Crippen LogP contribution in [-0.2, 0) is 16.0 Å². The van der Waals surface area contributed by atoms with Gasteiger partial charge in [0, 0.05) is 16.5 Å². The minimum Gasteiger partial charge on any atom is -0.466 e. The van der Waals surface area contributed by atoms with Crippen molar-refractivity contribution >= 4 is 21.9 Å². The predicted octanol–water partition coefficient (Wildman–Crippen LogP) is 5.68. The van der Waals surface area contributed by atoms with Crippen LogP contribution in [0.5, 0.6) is 11.5 Å². The van der Waals surface area contributed by atoms with Crippen LogP contribution in [0.15, 0.2) is 46.9 Å². The molecule has 0 bridgehead atoms. The molecule has 24 heavy (non-hydrogen) atoms. The fraction of sp³-hybridized carbons (Fsp3) is 0.350. The van der Waals surface area contributed by atoms with Gasteiger partial charge >= 0.3 is 5.97 Å². The van der Waals surface area contributed by atoms with E-state index < -0.39 is 0 Å². The third-order valence-corrected chi connectivity index (χ3v) is 4.63. The molecule has 2 rings (SSSR count). The van der Waals surface area contributed by atoms with Crippen LogP contribution in [0.1, 0.15) is 31.4 Å². The zero-order valence-electron chi connectivity index (χ0n) is 14.3. The van der Waals surface area contributed by atoms with Gasteiger partial charge in [0.05, 0.1) is 6.61 Å². The molecule has 0 saturated heterocycles. The molecular formula is C20H23BrO3. The molecular weight excluding hydrogens is 368 g/mol. The lowest BCUT2D eigenvalue weighted by Crippen LogP contribution is -2.11. The van der Waals surface area contributed by atoms with E-state index in [0.29, 0.717) is 13.0 Å². The van der Waals surface area contributed by atoms with Crippen LogP contribution in [0.4, 0.5) is 0 Å². The molecule has 0 aliphatic carbocycles. The smallest absolute Gasteiger partial charge is 0.306 e. The molecule has 3 nitrogen and oxygen atoms in total. The summed E-state index contributed by atoms with van der Waals surface area (Å²) >= 11 is 3.51. The molecule has 0 radical (unpaired) electrons. The van der Waals surface area contributed by atoms with Crippen LogP contribution in [0.3, 0.4) is 0 Å². The molecule has 0 aliphatic heterocycles. The predicted molar refractivity (Wildman–Crippen MR) is 99.5 cm³/mol. The Kier molecular flexibility index (Phi) is 6.85. The SMILES string of the molecule is CCOC(=O)C[C@H](C)Cc1ccc(Oc2cccc(Br)c2C)cc1. The van der Waals surface area contributed by atoms with Crippen molar-refractivity contribution in [2.45, 2.75) is 33.6 Å². The zero-order valence-corrected chi connectivity index (χ0v) is 15.9. The van der Waals surface area contributed by atoms with Crippen LogP contribution < -0.4 is 4.74 Å². The Bertz CT molecular complexity index is 680. The van der Waals surface area contributed by atoms with E-state index in [2.05, 4.69) is 22.9 Å². The Balaban J connectivity index is 1.95. The first-order valence-electron chi connectivity index (χ1n) is 8.17. The summed E-state index contributed by atoms with van der Waals surface area (Å²) in [4.78, 5) is 11.5. The highest BCUT2D eigenvalue weighted by Crippen LogP contribution is 2.30. The number of carbonyl (C=O) groups is 1.